The van der Waals surface area contributed by atoms with Crippen LogP contribution in [0.3, 0.4) is 0 Å². The molecule has 2 aliphatic rings. The first-order valence-electron chi connectivity index (χ1n) is 8.95. The fourth-order valence-corrected chi connectivity index (χ4v) is 3.22. The minimum absolute atomic E-state index is 0. The molecule has 4 rings (SSSR count). The van der Waals surface area contributed by atoms with E-state index in [1.807, 2.05) is 42.5 Å². The van der Waals surface area contributed by atoms with Crippen molar-refractivity contribution in [1.29, 1.82) is 0 Å². The van der Waals surface area contributed by atoms with E-state index in [4.69, 9.17) is 0 Å². The number of carbonyl (C=O) groups is 1. The van der Waals surface area contributed by atoms with Crippen molar-refractivity contribution in [3.63, 3.8) is 0 Å². The van der Waals surface area contributed by atoms with Gasteiger partial charge in [-0.2, -0.15) is 0 Å². The Labute approximate surface area is 155 Å². The molecule has 0 radical (unpaired) electrons. The molecular weight excluding hydrogens is 332 g/mol. The van der Waals surface area contributed by atoms with E-state index in [9.17, 15) is 4.79 Å². The van der Waals surface area contributed by atoms with Gasteiger partial charge in [0.2, 0.25) is 0 Å². The summed E-state index contributed by atoms with van der Waals surface area (Å²) in [5.74, 6) is 1.50. The Kier molecular flexibility index (Phi) is 5.77. The Hall–Kier alpha value is -1.84. The Morgan fingerprint density at radius 2 is 1.84 bits per heavy atom. The van der Waals surface area contributed by atoms with Gasteiger partial charge in [-0.15, -0.1) is 12.4 Å². The molecule has 2 saturated carbocycles. The zero-order chi connectivity index (χ0) is 16.4. The molecule has 0 aromatic heterocycles. The molecule has 0 heterocycles. The molecule has 0 spiro atoms. The van der Waals surface area contributed by atoms with Crippen molar-refractivity contribution in [3.05, 3.63) is 71.3 Å². The number of hydrogen-bond acceptors (Lipinski definition) is 2. The number of amides is 1. The molecule has 1 amide bonds. The Bertz CT molecular complexity index is 715. The van der Waals surface area contributed by atoms with E-state index in [-0.39, 0.29) is 18.3 Å². The SMILES string of the molecule is Cl.O=C(NCc1ccccc1)c1cccc(C2CC2NCC2CC2)c1. The second-order valence-corrected chi connectivity index (χ2v) is 7.09. The summed E-state index contributed by atoms with van der Waals surface area (Å²) in [6.07, 6.45) is 3.98. The number of carbonyl (C=O) groups excluding carboxylic acids is 1. The van der Waals surface area contributed by atoms with Crippen LogP contribution in [0.1, 0.15) is 46.7 Å². The minimum Gasteiger partial charge on any atom is -0.348 e. The zero-order valence-electron chi connectivity index (χ0n) is 14.3. The summed E-state index contributed by atoms with van der Waals surface area (Å²) < 4.78 is 0. The first-order chi connectivity index (χ1) is 11.8. The highest BCUT2D eigenvalue weighted by Gasteiger charge is 2.39. The average Bonchev–Trinajstić information content (AvgIpc) is 3.53. The van der Waals surface area contributed by atoms with E-state index in [1.54, 1.807) is 0 Å². The van der Waals surface area contributed by atoms with Crippen molar-refractivity contribution in [2.75, 3.05) is 6.54 Å². The van der Waals surface area contributed by atoms with E-state index in [2.05, 4.69) is 22.8 Å². The maximum absolute atomic E-state index is 12.4. The summed E-state index contributed by atoms with van der Waals surface area (Å²) in [5.41, 5.74) is 3.17. The van der Waals surface area contributed by atoms with Crippen LogP contribution in [0.15, 0.2) is 54.6 Å². The molecule has 2 aromatic rings. The number of nitrogens with one attached hydrogen (secondary N) is 2. The van der Waals surface area contributed by atoms with Gasteiger partial charge in [-0.1, -0.05) is 42.5 Å². The maximum Gasteiger partial charge on any atom is 0.251 e. The summed E-state index contributed by atoms with van der Waals surface area (Å²) in [5, 5.41) is 6.67. The molecule has 2 fully saturated rings. The van der Waals surface area contributed by atoms with E-state index < -0.39 is 0 Å². The first kappa shape index (κ1) is 18.0. The van der Waals surface area contributed by atoms with Gasteiger partial charge in [-0.25, -0.2) is 0 Å². The third-order valence-corrected chi connectivity index (χ3v) is 5.03. The molecule has 2 aliphatic carbocycles. The normalized spacial score (nSPS) is 21.3. The summed E-state index contributed by atoms with van der Waals surface area (Å²) in [6.45, 7) is 1.73. The highest BCUT2D eigenvalue weighted by Crippen LogP contribution is 2.41. The van der Waals surface area contributed by atoms with Gasteiger partial charge in [0.05, 0.1) is 0 Å². The molecule has 2 unspecified atom stereocenters. The molecule has 0 saturated heterocycles. The fourth-order valence-electron chi connectivity index (χ4n) is 3.22. The highest BCUT2D eigenvalue weighted by atomic mass is 35.5. The van der Waals surface area contributed by atoms with Crippen LogP contribution >= 0.6 is 12.4 Å². The number of rotatable bonds is 7. The van der Waals surface area contributed by atoms with Gasteiger partial charge in [-0.3, -0.25) is 4.79 Å². The van der Waals surface area contributed by atoms with Crippen molar-refractivity contribution in [3.8, 4) is 0 Å². The van der Waals surface area contributed by atoms with Gasteiger partial charge in [0.15, 0.2) is 0 Å². The molecular formula is C21H25ClN2O. The molecule has 2 aromatic carbocycles. The quantitative estimate of drug-likeness (QED) is 0.790. The second kappa shape index (κ2) is 8.03. The second-order valence-electron chi connectivity index (χ2n) is 7.09. The van der Waals surface area contributed by atoms with E-state index in [1.165, 1.54) is 31.4 Å². The van der Waals surface area contributed by atoms with Crippen molar-refractivity contribution >= 4 is 18.3 Å². The van der Waals surface area contributed by atoms with Gasteiger partial charge in [0.25, 0.3) is 5.91 Å². The van der Waals surface area contributed by atoms with E-state index >= 15 is 0 Å². The molecule has 0 bridgehead atoms. The van der Waals surface area contributed by atoms with Crippen LogP contribution in [-0.2, 0) is 6.54 Å². The number of benzene rings is 2. The largest absolute Gasteiger partial charge is 0.348 e. The van der Waals surface area contributed by atoms with Crippen molar-refractivity contribution < 1.29 is 4.79 Å². The summed E-state index contributed by atoms with van der Waals surface area (Å²) in [4.78, 5) is 12.4. The molecule has 132 valence electrons. The molecule has 0 aliphatic heterocycles. The fraction of sp³-hybridized carbons (Fsp3) is 0.381. The van der Waals surface area contributed by atoms with Crippen LogP contribution in [0.4, 0.5) is 0 Å². The van der Waals surface area contributed by atoms with Crippen molar-refractivity contribution in [2.24, 2.45) is 5.92 Å². The van der Waals surface area contributed by atoms with E-state index in [0.717, 1.165) is 17.0 Å². The van der Waals surface area contributed by atoms with Crippen LogP contribution in [0.2, 0.25) is 0 Å². The zero-order valence-corrected chi connectivity index (χ0v) is 15.1. The molecule has 4 heteroatoms. The van der Waals surface area contributed by atoms with Crippen LogP contribution in [0.25, 0.3) is 0 Å². The lowest BCUT2D eigenvalue weighted by Gasteiger charge is -2.08. The monoisotopic (exact) mass is 356 g/mol. The summed E-state index contributed by atoms with van der Waals surface area (Å²) in [7, 11) is 0. The van der Waals surface area contributed by atoms with Crippen LogP contribution in [0.5, 0.6) is 0 Å². The Morgan fingerprint density at radius 3 is 2.60 bits per heavy atom. The lowest BCUT2D eigenvalue weighted by Crippen LogP contribution is -2.23. The van der Waals surface area contributed by atoms with Crippen molar-refractivity contribution in [2.45, 2.75) is 37.8 Å². The van der Waals surface area contributed by atoms with Gasteiger partial charge >= 0.3 is 0 Å². The van der Waals surface area contributed by atoms with E-state index in [0.29, 0.717) is 18.5 Å². The lowest BCUT2D eigenvalue weighted by atomic mass is 10.1. The smallest absolute Gasteiger partial charge is 0.251 e. The summed E-state index contributed by atoms with van der Waals surface area (Å²) >= 11 is 0. The Morgan fingerprint density at radius 1 is 1.04 bits per heavy atom. The Balaban J connectivity index is 0.00000182. The van der Waals surface area contributed by atoms with Gasteiger partial charge in [0.1, 0.15) is 0 Å². The topological polar surface area (TPSA) is 41.1 Å². The predicted molar refractivity (Wildman–Crippen MR) is 103 cm³/mol. The lowest BCUT2D eigenvalue weighted by molar-refractivity contribution is 0.0951. The first-order valence-corrected chi connectivity index (χ1v) is 8.95. The van der Waals surface area contributed by atoms with Gasteiger partial charge in [0, 0.05) is 24.1 Å². The predicted octanol–water partition coefficient (Wildman–Crippen LogP) is 3.89. The third kappa shape index (κ3) is 4.83. The third-order valence-electron chi connectivity index (χ3n) is 5.03. The van der Waals surface area contributed by atoms with Crippen LogP contribution < -0.4 is 10.6 Å². The molecule has 2 N–H and O–H groups in total. The number of halogens is 1. The van der Waals surface area contributed by atoms with Crippen molar-refractivity contribution in [1.82, 2.24) is 10.6 Å². The average molecular weight is 357 g/mol. The molecule has 3 nitrogen and oxygen atoms in total. The maximum atomic E-state index is 12.4. The van der Waals surface area contributed by atoms with Crippen LogP contribution in [0, 0.1) is 5.92 Å². The number of hydrogen-bond donors (Lipinski definition) is 2. The molecule has 25 heavy (non-hydrogen) atoms. The standard InChI is InChI=1S/C21H24N2O.ClH/c24-21(23-14-15-5-2-1-3-6-15)18-8-4-7-17(11-18)19-12-20(19)22-13-16-9-10-16;/h1-8,11,16,19-20,22H,9-10,12-14H2,(H,23,24);1H. The van der Waals surface area contributed by atoms with Gasteiger partial charge in [-0.05, 0) is 55.0 Å². The van der Waals surface area contributed by atoms with Gasteiger partial charge < -0.3 is 10.6 Å². The molecule has 2 atom stereocenters. The highest BCUT2D eigenvalue weighted by molar-refractivity contribution is 5.94. The summed E-state index contributed by atoms with van der Waals surface area (Å²) in [6, 6.07) is 18.7. The minimum atomic E-state index is 0. The van der Waals surface area contributed by atoms with Crippen LogP contribution in [-0.4, -0.2) is 18.5 Å².